The Labute approximate surface area is 197 Å². The minimum Gasteiger partial charge on any atom is -0.406 e. The average molecular weight is 496 g/mol. The van der Waals surface area contributed by atoms with Gasteiger partial charge in [-0.1, -0.05) is 30.3 Å². The van der Waals surface area contributed by atoms with Crippen LogP contribution in [-0.2, 0) is 11.8 Å². The van der Waals surface area contributed by atoms with E-state index in [0.717, 1.165) is 5.56 Å². The summed E-state index contributed by atoms with van der Waals surface area (Å²) in [7, 11) is 0. The zero-order valence-electron chi connectivity index (χ0n) is 18.6. The number of rotatable bonds is 6. The van der Waals surface area contributed by atoms with Crippen molar-refractivity contribution in [2.75, 3.05) is 18.0 Å². The molecule has 4 rings (SSSR count). The van der Waals surface area contributed by atoms with Crippen LogP contribution >= 0.6 is 0 Å². The highest BCUT2D eigenvalue weighted by Gasteiger charge is 2.47. The number of benzene rings is 2. The predicted octanol–water partition coefficient (Wildman–Crippen LogP) is 5.56. The second-order valence-corrected chi connectivity index (χ2v) is 8.60. The van der Waals surface area contributed by atoms with Crippen LogP contribution in [0.25, 0.3) is 0 Å². The maximum atomic E-state index is 13.2. The number of ether oxygens (including phenoxy) is 1. The van der Waals surface area contributed by atoms with Crippen molar-refractivity contribution < 1.29 is 36.2 Å². The van der Waals surface area contributed by atoms with E-state index in [1.54, 1.807) is 49.5 Å². The summed E-state index contributed by atoms with van der Waals surface area (Å²) >= 11 is 0. The monoisotopic (exact) mass is 496 g/mol. The minimum absolute atomic E-state index is 0.0767. The molecule has 3 aromatic rings. The third-order valence-corrected chi connectivity index (χ3v) is 6.08. The van der Waals surface area contributed by atoms with E-state index in [9.17, 15) is 31.4 Å². The molecule has 186 valence electrons. The van der Waals surface area contributed by atoms with E-state index in [4.69, 9.17) is 0 Å². The van der Waals surface area contributed by atoms with Gasteiger partial charge in [0, 0.05) is 29.5 Å². The molecule has 2 aromatic carbocycles. The third-order valence-electron chi connectivity index (χ3n) is 6.08. The molecule has 0 amide bonds. The summed E-state index contributed by atoms with van der Waals surface area (Å²) in [5, 5.41) is 9.79. The Morgan fingerprint density at radius 3 is 2.46 bits per heavy atom. The second-order valence-electron chi connectivity index (χ2n) is 8.60. The Balaban J connectivity index is 1.81. The van der Waals surface area contributed by atoms with Crippen LogP contribution in [0, 0.1) is 6.92 Å². The number of aromatic nitrogens is 1. The molecule has 2 atom stereocenters. The number of pyridine rings is 1. The number of nitrogens with zero attached hydrogens (tertiary/aromatic N) is 2. The van der Waals surface area contributed by atoms with Crippen LogP contribution in [0.4, 0.5) is 32.0 Å². The van der Waals surface area contributed by atoms with Crippen molar-refractivity contribution in [1.29, 1.82) is 0 Å². The number of anilines is 1. The highest BCUT2D eigenvalue weighted by atomic mass is 19.4. The van der Waals surface area contributed by atoms with Gasteiger partial charge in [-0.2, -0.15) is 13.2 Å². The molecule has 10 heteroatoms. The number of fused-ring (bicyclic) bond motifs is 1. The van der Waals surface area contributed by atoms with Crippen LogP contribution < -0.4 is 9.64 Å². The van der Waals surface area contributed by atoms with Gasteiger partial charge in [0.25, 0.3) is 0 Å². The quantitative estimate of drug-likeness (QED) is 0.454. The van der Waals surface area contributed by atoms with E-state index in [0.29, 0.717) is 22.5 Å². The van der Waals surface area contributed by atoms with Crippen LogP contribution in [0.5, 0.6) is 5.75 Å². The summed E-state index contributed by atoms with van der Waals surface area (Å²) in [5.41, 5.74) is 2.27. The Morgan fingerprint density at radius 2 is 1.77 bits per heavy atom. The smallest absolute Gasteiger partial charge is 0.406 e. The first-order valence-corrected chi connectivity index (χ1v) is 10.7. The fraction of sp³-hybridized carbons (Fsp3) is 0.320. The number of β-amino-alcohol motifs (C(OH)–C–C–N with tert-alkyl or cyclic N) is 1. The van der Waals surface area contributed by atoms with Crippen LogP contribution in [0.1, 0.15) is 22.4 Å². The van der Waals surface area contributed by atoms with Crippen LogP contribution in [0.2, 0.25) is 0 Å². The maximum absolute atomic E-state index is 13.2. The lowest BCUT2D eigenvalue weighted by Crippen LogP contribution is -2.44. The fourth-order valence-electron chi connectivity index (χ4n) is 4.67. The van der Waals surface area contributed by atoms with Crippen molar-refractivity contribution >= 4 is 5.69 Å². The molecule has 0 radical (unpaired) electrons. The molecule has 1 unspecified atom stereocenters. The zero-order valence-corrected chi connectivity index (χ0v) is 18.6. The highest BCUT2D eigenvalue weighted by molar-refractivity contribution is 5.67. The summed E-state index contributed by atoms with van der Waals surface area (Å²) in [5.74, 6) is -0.383. The van der Waals surface area contributed by atoms with Gasteiger partial charge in [0.05, 0.1) is 6.54 Å². The fourth-order valence-corrected chi connectivity index (χ4v) is 4.67. The van der Waals surface area contributed by atoms with E-state index in [1.165, 1.54) is 23.1 Å². The summed E-state index contributed by atoms with van der Waals surface area (Å²) < 4.78 is 81.9. The highest BCUT2D eigenvalue weighted by Crippen LogP contribution is 2.48. The molecule has 1 aromatic heterocycles. The first-order chi connectivity index (χ1) is 16.4. The Hall–Kier alpha value is -3.27. The van der Waals surface area contributed by atoms with Gasteiger partial charge in [-0.3, -0.25) is 4.98 Å². The molecular formula is C25H22F6N2O2. The number of hydrogen-bond donors (Lipinski definition) is 1. The topological polar surface area (TPSA) is 45.6 Å². The van der Waals surface area contributed by atoms with Gasteiger partial charge in [0.2, 0.25) is 0 Å². The average Bonchev–Trinajstić information content (AvgIpc) is 3.06. The van der Waals surface area contributed by atoms with Crippen molar-refractivity contribution in [3.63, 3.8) is 0 Å². The van der Waals surface area contributed by atoms with Gasteiger partial charge in [0.15, 0.2) is 6.10 Å². The lowest BCUT2D eigenvalue weighted by Gasteiger charge is -2.33. The molecule has 1 aliphatic heterocycles. The van der Waals surface area contributed by atoms with Gasteiger partial charge in [-0.05, 0) is 60.4 Å². The van der Waals surface area contributed by atoms with Gasteiger partial charge >= 0.3 is 12.5 Å². The molecule has 0 aliphatic carbocycles. The number of halogens is 6. The largest absolute Gasteiger partial charge is 0.573 e. The standard InChI is InChI=1S/C25H22F6N2O2/c1-16-11-18(9-10-32-16)23(13-17-5-4-6-19(12-17)35-25(29,30)31)15-33(14-22(34)24(26,27)28)21-8-3-2-7-20(21)23/h2-12,22,34H,13-15H2,1H3/t22-,23?/m1/s1. The first-order valence-electron chi connectivity index (χ1n) is 10.7. The maximum Gasteiger partial charge on any atom is 0.573 e. The van der Waals surface area contributed by atoms with E-state index in [1.807, 2.05) is 6.07 Å². The molecule has 1 N–H and O–H groups in total. The second kappa shape index (κ2) is 9.07. The minimum atomic E-state index is -4.86. The number of aliphatic hydroxyl groups excluding tert-OH is 1. The molecule has 0 saturated carbocycles. The molecule has 4 nitrogen and oxygen atoms in total. The van der Waals surface area contributed by atoms with E-state index < -0.39 is 30.6 Å². The zero-order chi connectivity index (χ0) is 25.4. The van der Waals surface area contributed by atoms with Crippen molar-refractivity contribution in [2.24, 2.45) is 0 Å². The lowest BCUT2D eigenvalue weighted by atomic mass is 9.72. The van der Waals surface area contributed by atoms with E-state index in [-0.39, 0.29) is 18.7 Å². The van der Waals surface area contributed by atoms with Crippen molar-refractivity contribution in [2.45, 2.75) is 37.4 Å². The van der Waals surface area contributed by atoms with Gasteiger partial charge in [-0.25, -0.2) is 0 Å². The van der Waals surface area contributed by atoms with E-state index >= 15 is 0 Å². The summed E-state index contributed by atoms with van der Waals surface area (Å²) in [6, 6.07) is 16.0. The SMILES string of the molecule is Cc1cc(C2(Cc3cccc(OC(F)(F)F)c3)CN(C[C@@H](O)C(F)(F)F)c3ccccc32)ccn1. The molecule has 2 heterocycles. The van der Waals surface area contributed by atoms with Crippen molar-refractivity contribution in [3.8, 4) is 5.75 Å². The normalized spacial score (nSPS) is 18.9. The Morgan fingerprint density at radius 1 is 1.03 bits per heavy atom. The summed E-state index contributed by atoms with van der Waals surface area (Å²) in [6.07, 6.45) is -10.4. The third kappa shape index (κ3) is 5.37. The molecular weight excluding hydrogens is 474 g/mol. The van der Waals surface area contributed by atoms with Crippen molar-refractivity contribution in [1.82, 2.24) is 4.98 Å². The van der Waals surface area contributed by atoms with Gasteiger partial charge in [0.1, 0.15) is 5.75 Å². The van der Waals surface area contributed by atoms with Gasteiger partial charge in [-0.15, -0.1) is 13.2 Å². The first kappa shape index (κ1) is 24.8. The summed E-state index contributed by atoms with van der Waals surface area (Å²) in [4.78, 5) is 5.68. The number of aliphatic hydroxyl groups is 1. The molecule has 0 fully saturated rings. The molecule has 0 spiro atoms. The van der Waals surface area contributed by atoms with Crippen LogP contribution in [0.15, 0.2) is 66.9 Å². The van der Waals surface area contributed by atoms with Crippen molar-refractivity contribution in [3.05, 3.63) is 89.2 Å². The predicted molar refractivity (Wildman–Crippen MR) is 117 cm³/mol. The molecule has 0 saturated heterocycles. The Kier molecular flexibility index (Phi) is 6.44. The Bertz CT molecular complexity index is 1200. The summed E-state index contributed by atoms with van der Waals surface area (Å²) in [6.45, 7) is 1.18. The lowest BCUT2D eigenvalue weighted by molar-refractivity contribution is -0.274. The molecule has 0 bridgehead atoms. The molecule has 35 heavy (non-hydrogen) atoms. The number of aryl methyl sites for hydroxylation is 1. The number of hydrogen-bond acceptors (Lipinski definition) is 4. The van der Waals surface area contributed by atoms with Crippen LogP contribution in [0.3, 0.4) is 0 Å². The molecule has 1 aliphatic rings. The van der Waals surface area contributed by atoms with E-state index in [2.05, 4.69) is 9.72 Å². The van der Waals surface area contributed by atoms with Crippen LogP contribution in [-0.4, -0.2) is 41.8 Å². The number of alkyl halides is 6. The van der Waals surface area contributed by atoms with Gasteiger partial charge < -0.3 is 14.7 Å². The number of para-hydroxylation sites is 1.